The minimum absolute atomic E-state index is 0.0500. The summed E-state index contributed by atoms with van der Waals surface area (Å²) < 4.78 is 5.45. The van der Waals surface area contributed by atoms with E-state index in [2.05, 4.69) is 42.3 Å². The van der Waals surface area contributed by atoms with Crippen molar-refractivity contribution in [1.29, 1.82) is 0 Å². The van der Waals surface area contributed by atoms with E-state index in [1.165, 1.54) is 36.6 Å². The van der Waals surface area contributed by atoms with Gasteiger partial charge >= 0.3 is 5.97 Å². The Morgan fingerprint density at radius 3 is 2.71 bits per heavy atom. The van der Waals surface area contributed by atoms with Gasteiger partial charge in [0.15, 0.2) is 5.17 Å². The summed E-state index contributed by atoms with van der Waals surface area (Å²) >= 11 is 1.52. The molecule has 0 aromatic heterocycles. The average molecular weight is 480 g/mol. The monoisotopic (exact) mass is 479 g/mol. The standard InChI is InChI=1S/C27H33N3O3S/c1-5-33-26(32)24-17(4)28-27-30(25(24)21-9-6-15(2)10-16(21)3)20(14-34-27)13-23(31)29-22-12-18-7-8-19(22)11-18/h6,9-10,14,18-19,22,25H,5,7-8,11-13H2,1-4H3,(H,29,31)/t18-,19-,22+,25-/m0/s1. The van der Waals surface area contributed by atoms with Gasteiger partial charge in [0.25, 0.3) is 0 Å². The molecule has 2 aliphatic heterocycles. The fourth-order valence-corrected chi connectivity index (χ4v) is 7.07. The number of hydrogen-bond donors (Lipinski definition) is 1. The number of carbonyl (C=O) groups is 2. The Balaban J connectivity index is 1.44. The number of fused-ring (bicyclic) bond motifs is 3. The second-order valence-electron chi connectivity index (χ2n) is 10.00. The zero-order valence-electron chi connectivity index (χ0n) is 20.4. The maximum atomic E-state index is 13.1. The van der Waals surface area contributed by atoms with Crippen molar-refractivity contribution in [3.63, 3.8) is 0 Å². The summed E-state index contributed by atoms with van der Waals surface area (Å²) in [6.07, 6.45) is 5.19. The highest BCUT2D eigenvalue weighted by molar-refractivity contribution is 8.16. The van der Waals surface area contributed by atoms with Crippen LogP contribution in [0.25, 0.3) is 0 Å². The molecule has 0 saturated heterocycles. The third-order valence-corrected chi connectivity index (χ3v) is 8.53. The van der Waals surface area contributed by atoms with Gasteiger partial charge in [-0.15, -0.1) is 0 Å². The second-order valence-corrected chi connectivity index (χ2v) is 10.8. The molecule has 2 fully saturated rings. The molecule has 7 heteroatoms. The first kappa shape index (κ1) is 23.2. The predicted octanol–water partition coefficient (Wildman–Crippen LogP) is 5.14. The van der Waals surface area contributed by atoms with E-state index in [0.717, 1.165) is 34.3 Å². The Morgan fingerprint density at radius 2 is 2.03 bits per heavy atom. The van der Waals surface area contributed by atoms with Crippen molar-refractivity contribution in [1.82, 2.24) is 10.2 Å². The van der Waals surface area contributed by atoms with Gasteiger partial charge in [-0.1, -0.05) is 41.9 Å². The molecule has 0 unspecified atom stereocenters. The summed E-state index contributed by atoms with van der Waals surface area (Å²) in [5, 5.41) is 6.12. The molecule has 180 valence electrons. The third kappa shape index (κ3) is 4.19. The third-order valence-electron chi connectivity index (χ3n) is 7.64. The molecule has 2 saturated carbocycles. The number of aliphatic imine (C=N–C) groups is 1. The molecule has 2 heterocycles. The van der Waals surface area contributed by atoms with Gasteiger partial charge < -0.3 is 15.0 Å². The highest BCUT2D eigenvalue weighted by atomic mass is 32.2. The fourth-order valence-electron chi connectivity index (χ4n) is 6.11. The molecular formula is C27H33N3O3S. The van der Waals surface area contributed by atoms with E-state index >= 15 is 0 Å². The molecule has 2 bridgehead atoms. The highest BCUT2D eigenvalue weighted by Gasteiger charge is 2.43. The zero-order chi connectivity index (χ0) is 24.0. The van der Waals surface area contributed by atoms with E-state index in [1.807, 2.05) is 19.3 Å². The van der Waals surface area contributed by atoms with Crippen LogP contribution in [0.2, 0.25) is 0 Å². The predicted molar refractivity (Wildman–Crippen MR) is 135 cm³/mol. The fraction of sp³-hybridized carbons (Fsp3) is 0.519. The van der Waals surface area contributed by atoms with Crippen molar-refractivity contribution in [2.24, 2.45) is 16.8 Å². The van der Waals surface area contributed by atoms with Gasteiger partial charge in [-0.3, -0.25) is 4.79 Å². The molecule has 1 N–H and O–H groups in total. The van der Waals surface area contributed by atoms with Gasteiger partial charge in [-0.2, -0.15) is 0 Å². The maximum Gasteiger partial charge on any atom is 0.338 e. The molecular weight excluding hydrogens is 446 g/mol. The van der Waals surface area contributed by atoms with Gasteiger partial charge in [-0.25, -0.2) is 9.79 Å². The summed E-state index contributed by atoms with van der Waals surface area (Å²) in [6, 6.07) is 6.22. The van der Waals surface area contributed by atoms with E-state index < -0.39 is 0 Å². The van der Waals surface area contributed by atoms with Crippen LogP contribution in [0.5, 0.6) is 0 Å². The van der Waals surface area contributed by atoms with Crippen LogP contribution in [0.3, 0.4) is 0 Å². The number of benzene rings is 1. The Morgan fingerprint density at radius 1 is 1.21 bits per heavy atom. The number of carbonyl (C=O) groups excluding carboxylic acids is 2. The van der Waals surface area contributed by atoms with Crippen molar-refractivity contribution < 1.29 is 14.3 Å². The maximum absolute atomic E-state index is 13.1. The van der Waals surface area contributed by atoms with Crippen LogP contribution < -0.4 is 5.32 Å². The van der Waals surface area contributed by atoms with Crippen LogP contribution in [-0.4, -0.2) is 34.6 Å². The number of amidine groups is 1. The minimum atomic E-state index is -0.372. The number of ether oxygens (including phenoxy) is 1. The normalized spacial score (nSPS) is 27.5. The van der Waals surface area contributed by atoms with E-state index in [4.69, 9.17) is 9.73 Å². The Hall–Kier alpha value is -2.54. The Bertz CT molecular complexity index is 1120. The molecule has 5 rings (SSSR count). The first-order chi connectivity index (χ1) is 16.4. The molecule has 2 aliphatic carbocycles. The molecule has 0 radical (unpaired) electrons. The summed E-state index contributed by atoms with van der Waals surface area (Å²) in [6.45, 7) is 8.12. The van der Waals surface area contributed by atoms with Crippen molar-refractivity contribution in [2.45, 2.75) is 71.9 Å². The van der Waals surface area contributed by atoms with Gasteiger partial charge in [0.1, 0.15) is 0 Å². The quantitative estimate of drug-likeness (QED) is 0.573. The number of hydrogen-bond acceptors (Lipinski definition) is 6. The number of rotatable bonds is 6. The van der Waals surface area contributed by atoms with E-state index in [9.17, 15) is 9.59 Å². The molecule has 6 nitrogen and oxygen atoms in total. The number of nitrogens with one attached hydrogen (secondary N) is 1. The topological polar surface area (TPSA) is 71.0 Å². The first-order valence-corrected chi connectivity index (χ1v) is 13.2. The molecule has 1 aromatic rings. The van der Waals surface area contributed by atoms with Crippen LogP contribution in [0.15, 0.2) is 45.6 Å². The lowest BCUT2D eigenvalue weighted by Crippen LogP contribution is -2.41. The van der Waals surface area contributed by atoms with E-state index in [-0.39, 0.29) is 24.3 Å². The van der Waals surface area contributed by atoms with Gasteiger partial charge in [0.2, 0.25) is 5.91 Å². The molecule has 4 atom stereocenters. The van der Waals surface area contributed by atoms with Crippen LogP contribution in [-0.2, 0) is 14.3 Å². The van der Waals surface area contributed by atoms with Crippen molar-refractivity contribution >= 4 is 28.8 Å². The number of nitrogens with zero attached hydrogens (tertiary/aromatic N) is 2. The Labute approximate surface area is 205 Å². The zero-order valence-corrected chi connectivity index (χ0v) is 21.2. The van der Waals surface area contributed by atoms with Gasteiger partial charge in [0, 0.05) is 11.7 Å². The lowest BCUT2D eigenvalue weighted by molar-refractivity contribution is -0.139. The van der Waals surface area contributed by atoms with E-state index in [1.54, 1.807) is 0 Å². The number of aryl methyl sites for hydroxylation is 2. The summed E-state index contributed by atoms with van der Waals surface area (Å²) in [4.78, 5) is 33.0. The number of amides is 1. The van der Waals surface area contributed by atoms with Crippen molar-refractivity contribution in [3.05, 3.63) is 57.3 Å². The van der Waals surface area contributed by atoms with Crippen molar-refractivity contribution in [3.8, 4) is 0 Å². The molecule has 4 aliphatic rings. The van der Waals surface area contributed by atoms with Crippen molar-refractivity contribution in [2.75, 3.05) is 6.61 Å². The lowest BCUT2D eigenvalue weighted by atomic mass is 9.90. The summed E-state index contributed by atoms with van der Waals surface area (Å²) in [7, 11) is 0. The van der Waals surface area contributed by atoms with Crippen LogP contribution >= 0.6 is 11.8 Å². The Kier molecular flexibility index (Phi) is 6.32. The number of esters is 1. The van der Waals surface area contributed by atoms with Crippen LogP contribution in [0.4, 0.5) is 0 Å². The van der Waals surface area contributed by atoms with Gasteiger partial charge in [0.05, 0.1) is 30.3 Å². The number of thioether (sulfide) groups is 1. The van der Waals surface area contributed by atoms with Gasteiger partial charge in [-0.05, 0) is 75.3 Å². The molecule has 1 amide bonds. The highest BCUT2D eigenvalue weighted by Crippen LogP contribution is 2.47. The first-order valence-electron chi connectivity index (χ1n) is 12.3. The largest absolute Gasteiger partial charge is 0.463 e. The summed E-state index contributed by atoms with van der Waals surface area (Å²) in [5.74, 6) is 1.12. The summed E-state index contributed by atoms with van der Waals surface area (Å²) in [5.41, 5.74) is 5.39. The minimum Gasteiger partial charge on any atom is -0.463 e. The van der Waals surface area contributed by atoms with Crippen LogP contribution in [0.1, 0.15) is 68.7 Å². The smallest absolute Gasteiger partial charge is 0.338 e. The van der Waals surface area contributed by atoms with Crippen LogP contribution in [0, 0.1) is 25.7 Å². The second kappa shape index (κ2) is 9.25. The molecule has 1 aromatic carbocycles. The average Bonchev–Trinajstić information content (AvgIpc) is 3.49. The lowest BCUT2D eigenvalue weighted by Gasteiger charge is -2.37. The number of allylic oxidation sites excluding steroid dienone is 1. The SMILES string of the molecule is CCOC(=O)C1=C(C)N=C2SC=C(CC(=O)N[C@@H]3C[C@H]4CC[C@H]3C4)N2[C@H]1c1ccc(C)cc1C. The van der Waals surface area contributed by atoms with E-state index in [0.29, 0.717) is 29.8 Å². The molecule has 34 heavy (non-hydrogen) atoms. The molecule has 0 spiro atoms.